The molecular formula is C13H21NO5S. The van der Waals surface area contributed by atoms with E-state index in [9.17, 15) is 13.5 Å². The quantitative estimate of drug-likeness (QED) is 0.789. The van der Waals surface area contributed by atoms with Crippen molar-refractivity contribution < 1.29 is 23.0 Å². The van der Waals surface area contributed by atoms with Gasteiger partial charge in [-0.25, -0.2) is 13.1 Å². The zero-order valence-electron chi connectivity index (χ0n) is 12.1. The fraction of sp³-hybridized carbons (Fsp3) is 0.538. The SMILES string of the molecule is COc1cc(S(=O)(=O)NCC(C)C)cc(CO)c1OC. The summed E-state index contributed by atoms with van der Waals surface area (Å²) in [6.07, 6.45) is 0. The summed E-state index contributed by atoms with van der Waals surface area (Å²) in [5.74, 6) is 0.795. The van der Waals surface area contributed by atoms with E-state index in [1.807, 2.05) is 13.8 Å². The third-order valence-electron chi connectivity index (χ3n) is 2.69. The van der Waals surface area contributed by atoms with Crippen LogP contribution in [0.3, 0.4) is 0 Å². The van der Waals surface area contributed by atoms with Gasteiger partial charge in [0, 0.05) is 18.2 Å². The molecule has 0 radical (unpaired) electrons. The van der Waals surface area contributed by atoms with Gasteiger partial charge in [0.1, 0.15) is 0 Å². The lowest BCUT2D eigenvalue weighted by atomic mass is 10.2. The fourth-order valence-corrected chi connectivity index (χ4v) is 2.93. The maximum Gasteiger partial charge on any atom is 0.240 e. The molecule has 20 heavy (non-hydrogen) atoms. The molecule has 0 heterocycles. The third kappa shape index (κ3) is 3.84. The number of aliphatic hydroxyl groups excluding tert-OH is 1. The molecule has 0 saturated carbocycles. The Hall–Kier alpha value is -1.31. The predicted octanol–water partition coefficient (Wildman–Crippen LogP) is 1.13. The summed E-state index contributed by atoms with van der Waals surface area (Å²) in [4.78, 5) is 0.0415. The molecule has 0 aromatic heterocycles. The topological polar surface area (TPSA) is 84.9 Å². The molecule has 1 aromatic rings. The second-order valence-corrected chi connectivity index (χ2v) is 6.49. The third-order valence-corrected chi connectivity index (χ3v) is 4.09. The highest BCUT2D eigenvalue weighted by molar-refractivity contribution is 7.89. The van der Waals surface area contributed by atoms with Crippen LogP contribution in [0.25, 0.3) is 0 Å². The van der Waals surface area contributed by atoms with Crippen LogP contribution in [0, 0.1) is 5.92 Å². The van der Waals surface area contributed by atoms with Gasteiger partial charge in [0.15, 0.2) is 11.5 Å². The molecule has 0 bridgehead atoms. The molecule has 1 rings (SSSR count). The van der Waals surface area contributed by atoms with Gasteiger partial charge >= 0.3 is 0 Å². The van der Waals surface area contributed by atoms with E-state index in [4.69, 9.17) is 9.47 Å². The van der Waals surface area contributed by atoms with Crippen LogP contribution in [0.15, 0.2) is 17.0 Å². The van der Waals surface area contributed by atoms with Crippen molar-refractivity contribution in [2.75, 3.05) is 20.8 Å². The minimum absolute atomic E-state index is 0.0415. The standard InChI is InChI=1S/C13H21NO5S/c1-9(2)7-14-20(16,17)11-5-10(8-15)13(19-4)12(6-11)18-3/h5-6,9,14-15H,7-8H2,1-4H3. The van der Waals surface area contributed by atoms with E-state index < -0.39 is 10.0 Å². The van der Waals surface area contributed by atoms with Crippen LogP contribution < -0.4 is 14.2 Å². The summed E-state index contributed by atoms with van der Waals surface area (Å²) in [5, 5.41) is 9.33. The van der Waals surface area contributed by atoms with Crippen molar-refractivity contribution in [2.45, 2.75) is 25.3 Å². The first-order valence-corrected chi connectivity index (χ1v) is 7.69. The second kappa shape index (κ2) is 6.92. The molecule has 0 amide bonds. The van der Waals surface area contributed by atoms with Gasteiger partial charge < -0.3 is 14.6 Å². The van der Waals surface area contributed by atoms with E-state index in [2.05, 4.69) is 4.72 Å². The van der Waals surface area contributed by atoms with Crippen LogP contribution in [-0.2, 0) is 16.6 Å². The van der Waals surface area contributed by atoms with Crippen molar-refractivity contribution >= 4 is 10.0 Å². The van der Waals surface area contributed by atoms with Gasteiger partial charge in [0.25, 0.3) is 0 Å². The van der Waals surface area contributed by atoms with Crippen LogP contribution in [-0.4, -0.2) is 34.3 Å². The van der Waals surface area contributed by atoms with Crippen molar-refractivity contribution in [1.82, 2.24) is 4.72 Å². The summed E-state index contributed by atoms with van der Waals surface area (Å²) in [6.45, 7) is 3.82. The highest BCUT2D eigenvalue weighted by Gasteiger charge is 2.20. The number of ether oxygens (including phenoxy) is 2. The molecule has 0 saturated heterocycles. The Morgan fingerprint density at radius 2 is 1.90 bits per heavy atom. The summed E-state index contributed by atoms with van der Waals surface area (Å²) in [6, 6.07) is 2.75. The minimum Gasteiger partial charge on any atom is -0.493 e. The van der Waals surface area contributed by atoms with Gasteiger partial charge in [-0.15, -0.1) is 0 Å². The number of hydrogen-bond acceptors (Lipinski definition) is 5. The number of aliphatic hydroxyl groups is 1. The molecule has 1 aromatic carbocycles. The number of methoxy groups -OCH3 is 2. The van der Waals surface area contributed by atoms with Gasteiger partial charge in [0.2, 0.25) is 10.0 Å². The van der Waals surface area contributed by atoms with Crippen molar-refractivity contribution in [3.8, 4) is 11.5 Å². The van der Waals surface area contributed by atoms with Crippen molar-refractivity contribution in [3.63, 3.8) is 0 Å². The molecule has 0 atom stereocenters. The summed E-state index contributed by atoms with van der Waals surface area (Å²) < 4.78 is 37.1. The summed E-state index contributed by atoms with van der Waals surface area (Å²) >= 11 is 0. The number of benzene rings is 1. The van der Waals surface area contributed by atoms with E-state index in [0.717, 1.165) is 0 Å². The highest BCUT2D eigenvalue weighted by Crippen LogP contribution is 2.34. The number of rotatable bonds is 7. The Labute approximate surface area is 119 Å². The lowest BCUT2D eigenvalue weighted by Crippen LogP contribution is -2.27. The molecule has 0 aliphatic rings. The molecule has 0 spiro atoms. The predicted molar refractivity (Wildman–Crippen MR) is 75.5 cm³/mol. The Morgan fingerprint density at radius 1 is 1.25 bits per heavy atom. The van der Waals surface area contributed by atoms with Gasteiger partial charge in [0.05, 0.1) is 25.7 Å². The largest absolute Gasteiger partial charge is 0.493 e. The first-order valence-electron chi connectivity index (χ1n) is 6.21. The minimum atomic E-state index is -3.64. The molecular weight excluding hydrogens is 282 g/mol. The lowest BCUT2D eigenvalue weighted by molar-refractivity contribution is 0.269. The van der Waals surface area contributed by atoms with Crippen LogP contribution in [0.4, 0.5) is 0 Å². The Morgan fingerprint density at radius 3 is 2.35 bits per heavy atom. The average Bonchev–Trinajstić information content (AvgIpc) is 2.43. The van der Waals surface area contributed by atoms with Gasteiger partial charge in [-0.1, -0.05) is 13.8 Å². The number of hydrogen-bond donors (Lipinski definition) is 2. The maximum atomic E-state index is 12.2. The normalized spacial score (nSPS) is 11.7. The zero-order chi connectivity index (χ0) is 15.3. The van der Waals surface area contributed by atoms with E-state index in [0.29, 0.717) is 17.9 Å². The maximum absolute atomic E-state index is 12.2. The first-order chi connectivity index (χ1) is 9.35. The molecule has 114 valence electrons. The second-order valence-electron chi connectivity index (χ2n) is 4.72. The highest BCUT2D eigenvalue weighted by atomic mass is 32.2. The van der Waals surface area contributed by atoms with Crippen molar-refractivity contribution in [3.05, 3.63) is 17.7 Å². The van der Waals surface area contributed by atoms with Crippen LogP contribution in [0.1, 0.15) is 19.4 Å². The Kier molecular flexibility index (Phi) is 5.79. The van der Waals surface area contributed by atoms with E-state index in [-0.39, 0.29) is 23.2 Å². The molecule has 0 unspecified atom stereocenters. The monoisotopic (exact) mass is 303 g/mol. The summed E-state index contributed by atoms with van der Waals surface area (Å²) in [7, 11) is -0.796. The molecule has 0 aliphatic heterocycles. The molecule has 7 heteroatoms. The zero-order valence-corrected chi connectivity index (χ0v) is 13.0. The molecule has 0 aliphatic carbocycles. The van der Waals surface area contributed by atoms with Gasteiger partial charge in [-0.05, 0) is 12.0 Å². The lowest BCUT2D eigenvalue weighted by Gasteiger charge is -2.15. The van der Waals surface area contributed by atoms with Crippen LogP contribution in [0.5, 0.6) is 11.5 Å². The number of sulfonamides is 1. The van der Waals surface area contributed by atoms with E-state index >= 15 is 0 Å². The molecule has 0 fully saturated rings. The van der Waals surface area contributed by atoms with Gasteiger partial charge in [-0.3, -0.25) is 0 Å². The van der Waals surface area contributed by atoms with E-state index in [1.54, 1.807) is 0 Å². The van der Waals surface area contributed by atoms with Crippen LogP contribution >= 0.6 is 0 Å². The molecule has 2 N–H and O–H groups in total. The van der Waals surface area contributed by atoms with E-state index in [1.165, 1.54) is 26.4 Å². The van der Waals surface area contributed by atoms with Gasteiger partial charge in [-0.2, -0.15) is 0 Å². The Balaban J connectivity index is 3.25. The van der Waals surface area contributed by atoms with Crippen LogP contribution in [0.2, 0.25) is 0 Å². The first kappa shape index (κ1) is 16.7. The average molecular weight is 303 g/mol. The molecule has 6 nitrogen and oxygen atoms in total. The fourth-order valence-electron chi connectivity index (χ4n) is 1.65. The van der Waals surface area contributed by atoms with Crippen molar-refractivity contribution in [2.24, 2.45) is 5.92 Å². The van der Waals surface area contributed by atoms with Crippen molar-refractivity contribution in [1.29, 1.82) is 0 Å². The number of nitrogens with one attached hydrogen (secondary N) is 1. The summed E-state index contributed by atoms with van der Waals surface area (Å²) in [5.41, 5.74) is 0.358. The smallest absolute Gasteiger partial charge is 0.240 e. The Bertz CT molecular complexity index is 529.